The van der Waals surface area contributed by atoms with E-state index < -0.39 is 34.0 Å². The quantitative estimate of drug-likeness (QED) is 0.233. The third-order valence-electron chi connectivity index (χ3n) is 4.39. The second-order valence-corrected chi connectivity index (χ2v) is 10.0. The normalized spacial score (nSPS) is 13.4. The van der Waals surface area contributed by atoms with Gasteiger partial charge >= 0.3 is 5.69 Å². The third-order valence-corrected chi connectivity index (χ3v) is 7.46. The van der Waals surface area contributed by atoms with Gasteiger partial charge in [-0.25, -0.2) is 4.79 Å². The van der Waals surface area contributed by atoms with Gasteiger partial charge in [0.1, 0.15) is 0 Å². The molecular weight excluding hydrogens is 426 g/mol. The summed E-state index contributed by atoms with van der Waals surface area (Å²) in [6.07, 6.45) is 9.77. The molecule has 0 fully saturated rings. The zero-order valence-electron chi connectivity index (χ0n) is 17.7. The van der Waals surface area contributed by atoms with Crippen molar-refractivity contribution >= 4 is 34.5 Å². The molecule has 1 rings (SSSR count). The van der Waals surface area contributed by atoms with Crippen LogP contribution in [-0.2, 0) is 15.6 Å². The number of aliphatic hydroxyl groups is 1. The first kappa shape index (κ1) is 26.4. The molecule has 0 bridgehead atoms. The molecule has 0 aromatic carbocycles. The molecule has 0 radical (unpaired) electrons. The smallest absolute Gasteiger partial charge is 0.325 e. The Labute approximate surface area is 183 Å². The second-order valence-electron chi connectivity index (χ2n) is 7.07. The number of nitrogens with one attached hydrogen (secondary N) is 3. The molecule has 4 N–H and O–H groups in total. The van der Waals surface area contributed by atoms with Gasteiger partial charge in [-0.05, 0) is 25.2 Å². The lowest BCUT2D eigenvalue weighted by atomic mass is 10.1. The summed E-state index contributed by atoms with van der Waals surface area (Å²) in [5, 5.41) is 12.5. The molecule has 0 spiro atoms. The van der Waals surface area contributed by atoms with Crippen molar-refractivity contribution in [3.05, 3.63) is 38.2 Å². The van der Waals surface area contributed by atoms with Gasteiger partial charge in [-0.3, -0.25) is 18.8 Å². The molecule has 0 saturated heterocycles. The number of aryl methyl sites for hydroxylation is 1. The molecule has 30 heavy (non-hydrogen) atoms. The van der Waals surface area contributed by atoms with E-state index in [2.05, 4.69) is 22.2 Å². The standard InChI is InChI=1S/C20H33N3O5S2/c1-3-4-5-6-7-8-11-29-14-30(28)13-16(12-24)22-18(25)10-9-17-15(2)21-20(27)23-19(17)26/h9-10,16,24H,3-8,11-14H2,1-2H3,(H,22,25)(H2,21,23,26,27)/b10-9+/t16-,30?/m0/s1. The van der Waals surface area contributed by atoms with E-state index in [-0.39, 0.29) is 17.9 Å². The Hall–Kier alpha value is -1.65. The number of aromatic nitrogens is 2. The monoisotopic (exact) mass is 459 g/mol. The van der Waals surface area contributed by atoms with E-state index >= 15 is 0 Å². The van der Waals surface area contributed by atoms with Crippen LogP contribution in [0.2, 0.25) is 0 Å². The van der Waals surface area contributed by atoms with Crippen molar-refractivity contribution in [1.82, 2.24) is 15.3 Å². The number of unbranched alkanes of at least 4 members (excludes halogenated alkanes) is 5. The fourth-order valence-electron chi connectivity index (χ4n) is 2.77. The number of thioether (sulfide) groups is 1. The second kappa shape index (κ2) is 15.2. The lowest BCUT2D eigenvalue weighted by Gasteiger charge is -2.14. The van der Waals surface area contributed by atoms with Crippen LogP contribution in [0.3, 0.4) is 0 Å². The highest BCUT2D eigenvalue weighted by Crippen LogP contribution is 2.11. The Morgan fingerprint density at radius 1 is 1.20 bits per heavy atom. The predicted octanol–water partition coefficient (Wildman–Crippen LogP) is 1.66. The van der Waals surface area contributed by atoms with Gasteiger partial charge < -0.3 is 15.4 Å². The molecule has 1 unspecified atom stereocenters. The molecule has 1 aromatic heterocycles. The number of carbonyl (C=O) groups is 1. The van der Waals surface area contributed by atoms with Gasteiger partial charge in [0, 0.05) is 28.3 Å². The summed E-state index contributed by atoms with van der Waals surface area (Å²) in [7, 11) is -1.16. The summed E-state index contributed by atoms with van der Waals surface area (Å²) < 4.78 is 12.2. The van der Waals surface area contributed by atoms with Crippen molar-refractivity contribution in [3.63, 3.8) is 0 Å². The van der Waals surface area contributed by atoms with Crippen LogP contribution < -0.4 is 16.6 Å². The highest BCUT2D eigenvalue weighted by atomic mass is 32.2. The number of aliphatic hydroxyl groups excluding tert-OH is 1. The average Bonchev–Trinajstić information content (AvgIpc) is 2.68. The number of amides is 1. The number of hydrogen-bond donors (Lipinski definition) is 4. The largest absolute Gasteiger partial charge is 0.394 e. The van der Waals surface area contributed by atoms with E-state index in [1.165, 1.54) is 38.2 Å². The average molecular weight is 460 g/mol. The zero-order chi connectivity index (χ0) is 22.4. The van der Waals surface area contributed by atoms with Gasteiger partial charge in [0.25, 0.3) is 5.56 Å². The molecule has 0 saturated carbocycles. The Balaban J connectivity index is 2.37. The van der Waals surface area contributed by atoms with E-state index in [0.717, 1.165) is 18.2 Å². The highest BCUT2D eigenvalue weighted by Gasteiger charge is 2.14. The lowest BCUT2D eigenvalue weighted by molar-refractivity contribution is -0.117. The minimum absolute atomic E-state index is 0.165. The molecule has 2 atom stereocenters. The number of aromatic amines is 2. The van der Waals surface area contributed by atoms with Crippen molar-refractivity contribution in [3.8, 4) is 0 Å². The topological polar surface area (TPSA) is 132 Å². The first-order valence-electron chi connectivity index (χ1n) is 10.2. The molecule has 1 aromatic rings. The van der Waals surface area contributed by atoms with Crippen LogP contribution in [0.25, 0.3) is 6.08 Å². The fraction of sp³-hybridized carbons (Fsp3) is 0.650. The van der Waals surface area contributed by atoms with Crippen LogP contribution in [0.5, 0.6) is 0 Å². The Morgan fingerprint density at radius 2 is 1.90 bits per heavy atom. The minimum atomic E-state index is -1.16. The van der Waals surface area contributed by atoms with Gasteiger partial charge in [-0.15, -0.1) is 11.8 Å². The summed E-state index contributed by atoms with van der Waals surface area (Å²) in [6.45, 7) is 3.42. The van der Waals surface area contributed by atoms with Crippen LogP contribution >= 0.6 is 11.8 Å². The van der Waals surface area contributed by atoms with E-state index in [9.17, 15) is 23.7 Å². The molecule has 1 amide bonds. The van der Waals surface area contributed by atoms with Crippen LogP contribution in [0.1, 0.15) is 56.7 Å². The van der Waals surface area contributed by atoms with E-state index in [0.29, 0.717) is 10.8 Å². The summed E-state index contributed by atoms with van der Waals surface area (Å²) >= 11 is 1.63. The van der Waals surface area contributed by atoms with Crippen LogP contribution in [0.15, 0.2) is 15.7 Å². The molecular formula is C20H33N3O5S2. The molecule has 10 heteroatoms. The molecule has 0 aliphatic heterocycles. The number of carbonyl (C=O) groups excluding carboxylic acids is 1. The van der Waals surface area contributed by atoms with Crippen LogP contribution in [0, 0.1) is 6.92 Å². The maximum atomic E-state index is 12.2. The molecule has 0 aliphatic rings. The first-order chi connectivity index (χ1) is 14.4. The van der Waals surface area contributed by atoms with Crippen molar-refractivity contribution in [1.29, 1.82) is 0 Å². The van der Waals surface area contributed by atoms with Crippen molar-refractivity contribution in [2.75, 3.05) is 23.2 Å². The van der Waals surface area contributed by atoms with Crippen LogP contribution in [0.4, 0.5) is 0 Å². The van der Waals surface area contributed by atoms with E-state index in [1.54, 1.807) is 18.7 Å². The summed E-state index contributed by atoms with van der Waals surface area (Å²) in [5.41, 5.74) is -0.700. The number of hydrogen-bond acceptors (Lipinski definition) is 6. The van der Waals surface area contributed by atoms with E-state index in [1.807, 2.05) is 0 Å². The Kier molecular flexibility index (Phi) is 13.4. The number of rotatable bonds is 15. The van der Waals surface area contributed by atoms with Gasteiger partial charge in [-0.2, -0.15) is 0 Å². The number of H-pyrrole nitrogens is 2. The predicted molar refractivity (Wildman–Crippen MR) is 124 cm³/mol. The van der Waals surface area contributed by atoms with Crippen molar-refractivity contribution < 1.29 is 14.1 Å². The van der Waals surface area contributed by atoms with Gasteiger partial charge in [0.2, 0.25) is 5.91 Å². The van der Waals surface area contributed by atoms with Crippen molar-refractivity contribution in [2.24, 2.45) is 0 Å². The minimum Gasteiger partial charge on any atom is -0.394 e. The molecule has 1 heterocycles. The van der Waals surface area contributed by atoms with E-state index in [4.69, 9.17) is 0 Å². The third kappa shape index (κ3) is 10.9. The maximum absolute atomic E-state index is 12.2. The molecule has 170 valence electrons. The summed E-state index contributed by atoms with van der Waals surface area (Å²) in [5.74, 6) is 0.609. The zero-order valence-corrected chi connectivity index (χ0v) is 19.3. The summed E-state index contributed by atoms with van der Waals surface area (Å²) in [4.78, 5) is 39.6. The highest BCUT2D eigenvalue weighted by molar-refractivity contribution is 8.10. The SMILES string of the molecule is CCCCCCCCSCS(=O)C[C@H](CO)NC(=O)/C=C/c1c(C)[nH]c(=O)[nH]c1=O. The Morgan fingerprint density at radius 3 is 2.57 bits per heavy atom. The fourth-order valence-corrected chi connectivity index (χ4v) is 5.41. The molecule has 8 nitrogen and oxygen atoms in total. The Bertz CT molecular complexity index is 819. The summed E-state index contributed by atoms with van der Waals surface area (Å²) in [6, 6.07) is -0.632. The van der Waals surface area contributed by atoms with Gasteiger partial charge in [-0.1, -0.05) is 39.0 Å². The first-order valence-corrected chi connectivity index (χ1v) is 12.9. The van der Waals surface area contributed by atoms with Gasteiger partial charge in [0.15, 0.2) is 0 Å². The van der Waals surface area contributed by atoms with Gasteiger partial charge in [0.05, 0.1) is 23.3 Å². The lowest BCUT2D eigenvalue weighted by Crippen LogP contribution is -2.40. The maximum Gasteiger partial charge on any atom is 0.325 e. The molecule has 0 aliphatic carbocycles. The van der Waals surface area contributed by atoms with Crippen LogP contribution in [-0.4, -0.2) is 54.4 Å². The van der Waals surface area contributed by atoms with Crippen molar-refractivity contribution in [2.45, 2.75) is 58.4 Å².